The number of halogens is 2. The number of hydrogen-bond acceptors (Lipinski definition) is 4. The summed E-state index contributed by atoms with van der Waals surface area (Å²) < 4.78 is 33.0. The molecule has 1 heterocycles. The number of alkyl halides is 2. The average molecular weight is 206 g/mol. The summed E-state index contributed by atoms with van der Waals surface area (Å²) in [6.45, 7) is -2.96. The third-order valence-electron chi connectivity index (χ3n) is 1.46. The highest BCUT2D eigenvalue weighted by molar-refractivity contribution is 5.87. The van der Waals surface area contributed by atoms with Gasteiger partial charge in [0.2, 0.25) is 5.88 Å². The predicted octanol–water partition coefficient (Wildman–Crippen LogP) is 0.808. The molecule has 78 valence electrons. The van der Waals surface area contributed by atoms with Crippen molar-refractivity contribution in [2.45, 2.75) is 6.61 Å². The van der Waals surface area contributed by atoms with Crippen LogP contribution in [0.2, 0.25) is 0 Å². The number of hydrogen-bond donors (Lipinski definition) is 0. The maximum Gasteiger partial charge on any atom is 0.388 e. The second-order valence-electron chi connectivity index (χ2n) is 2.36. The number of rotatable bonds is 3. The van der Waals surface area contributed by atoms with E-state index < -0.39 is 12.6 Å². The largest absolute Gasteiger partial charge is 0.464 e. The summed E-state index contributed by atoms with van der Waals surface area (Å²) in [5, 5.41) is 3.53. The van der Waals surface area contributed by atoms with Gasteiger partial charge in [-0.25, -0.2) is 4.79 Å². The molecular weight excluding hydrogens is 198 g/mol. The minimum absolute atomic E-state index is 0.0446. The minimum atomic E-state index is -2.96. The van der Waals surface area contributed by atoms with E-state index in [4.69, 9.17) is 0 Å². The van der Waals surface area contributed by atoms with Crippen molar-refractivity contribution in [3.63, 3.8) is 0 Å². The molecule has 0 aromatic carbocycles. The molecule has 1 rings (SSSR count). The molecule has 1 aromatic heterocycles. The lowest BCUT2D eigenvalue weighted by Gasteiger charge is -1.96. The number of methoxy groups -OCH3 is 1. The minimum Gasteiger partial charge on any atom is -0.464 e. The molecule has 0 N–H and O–H groups in total. The van der Waals surface area contributed by atoms with Crippen molar-refractivity contribution < 1.29 is 23.0 Å². The average Bonchev–Trinajstić information content (AvgIpc) is 2.44. The highest BCUT2D eigenvalue weighted by Crippen LogP contribution is 2.14. The normalized spacial score (nSPS) is 10.4. The first-order valence-corrected chi connectivity index (χ1v) is 3.61. The van der Waals surface area contributed by atoms with Crippen LogP contribution in [0, 0.1) is 0 Å². The van der Waals surface area contributed by atoms with Gasteiger partial charge in [-0.15, -0.1) is 5.10 Å². The van der Waals surface area contributed by atoms with Crippen molar-refractivity contribution >= 4 is 5.97 Å². The van der Waals surface area contributed by atoms with Crippen LogP contribution in [0.25, 0.3) is 0 Å². The highest BCUT2D eigenvalue weighted by Gasteiger charge is 2.16. The van der Waals surface area contributed by atoms with Gasteiger partial charge in [0.25, 0.3) is 0 Å². The van der Waals surface area contributed by atoms with Crippen molar-refractivity contribution in [3.8, 4) is 5.88 Å². The van der Waals surface area contributed by atoms with E-state index in [9.17, 15) is 13.6 Å². The van der Waals surface area contributed by atoms with Gasteiger partial charge in [-0.05, 0) is 0 Å². The van der Waals surface area contributed by atoms with Crippen molar-refractivity contribution in [1.29, 1.82) is 0 Å². The molecule has 0 saturated carbocycles. The lowest BCUT2D eigenvalue weighted by molar-refractivity contribution is -0.0531. The van der Waals surface area contributed by atoms with Crippen molar-refractivity contribution in [2.75, 3.05) is 7.11 Å². The van der Waals surface area contributed by atoms with Crippen LogP contribution in [0.5, 0.6) is 5.88 Å². The van der Waals surface area contributed by atoms with Gasteiger partial charge >= 0.3 is 12.6 Å². The fourth-order valence-corrected chi connectivity index (χ4v) is 0.885. The molecule has 0 saturated heterocycles. The van der Waals surface area contributed by atoms with Crippen LogP contribution in [0.4, 0.5) is 8.78 Å². The Labute approximate surface area is 78.2 Å². The molecule has 0 aliphatic heterocycles. The van der Waals surface area contributed by atoms with Gasteiger partial charge in [0, 0.05) is 13.1 Å². The van der Waals surface area contributed by atoms with Gasteiger partial charge in [0.05, 0.1) is 7.11 Å². The van der Waals surface area contributed by atoms with Crippen LogP contribution in [0.3, 0.4) is 0 Å². The molecular formula is C7H8F2N2O3. The van der Waals surface area contributed by atoms with E-state index in [1.54, 1.807) is 0 Å². The molecule has 0 spiro atoms. The van der Waals surface area contributed by atoms with E-state index in [-0.39, 0.29) is 11.6 Å². The Morgan fingerprint density at radius 1 is 1.64 bits per heavy atom. The zero-order valence-electron chi connectivity index (χ0n) is 7.53. The van der Waals surface area contributed by atoms with E-state index in [1.165, 1.54) is 14.2 Å². The number of carbonyl (C=O) groups is 1. The summed E-state index contributed by atoms with van der Waals surface area (Å²) in [4.78, 5) is 11.0. The molecule has 0 fully saturated rings. The maximum absolute atomic E-state index is 11.8. The summed E-state index contributed by atoms with van der Waals surface area (Å²) in [6, 6.07) is 1.08. The molecule has 0 amide bonds. The monoisotopic (exact) mass is 206 g/mol. The Bertz CT molecular complexity index is 338. The first-order chi connectivity index (χ1) is 6.54. The number of carbonyl (C=O) groups excluding carboxylic acids is 1. The van der Waals surface area contributed by atoms with Crippen molar-refractivity contribution in [1.82, 2.24) is 9.78 Å². The van der Waals surface area contributed by atoms with Gasteiger partial charge < -0.3 is 9.47 Å². The summed E-state index contributed by atoms with van der Waals surface area (Å²) >= 11 is 0. The molecule has 14 heavy (non-hydrogen) atoms. The molecule has 1 aromatic rings. The Balaban J connectivity index is 2.87. The van der Waals surface area contributed by atoms with E-state index in [0.717, 1.165) is 10.7 Å². The Kier molecular flexibility index (Phi) is 3.00. The van der Waals surface area contributed by atoms with E-state index in [1.807, 2.05) is 0 Å². The molecule has 7 heteroatoms. The third-order valence-corrected chi connectivity index (χ3v) is 1.46. The van der Waals surface area contributed by atoms with Crippen LogP contribution in [-0.4, -0.2) is 29.5 Å². The maximum atomic E-state index is 11.8. The number of aryl methyl sites for hydroxylation is 1. The highest BCUT2D eigenvalue weighted by atomic mass is 19.3. The quantitative estimate of drug-likeness (QED) is 0.686. The SMILES string of the molecule is COC(=O)c1cc(OC(F)F)nn1C. The zero-order valence-corrected chi connectivity index (χ0v) is 7.53. The third kappa shape index (κ3) is 2.18. The summed E-state index contributed by atoms with van der Waals surface area (Å²) in [5.41, 5.74) is 0.0446. The molecule has 5 nitrogen and oxygen atoms in total. The van der Waals surface area contributed by atoms with Crippen LogP contribution < -0.4 is 4.74 Å². The van der Waals surface area contributed by atoms with Crippen LogP contribution in [0.1, 0.15) is 10.5 Å². The fourth-order valence-electron chi connectivity index (χ4n) is 0.885. The Morgan fingerprint density at radius 3 is 2.79 bits per heavy atom. The van der Waals surface area contributed by atoms with Crippen molar-refractivity contribution in [3.05, 3.63) is 11.8 Å². The molecule has 0 radical (unpaired) electrons. The number of nitrogens with zero attached hydrogens (tertiary/aromatic N) is 2. The van der Waals surface area contributed by atoms with E-state index in [0.29, 0.717) is 0 Å². The van der Waals surface area contributed by atoms with Crippen LogP contribution in [0.15, 0.2) is 6.07 Å². The first kappa shape index (κ1) is 10.4. The smallest absolute Gasteiger partial charge is 0.388 e. The molecule has 0 aliphatic rings. The van der Waals surface area contributed by atoms with Gasteiger partial charge in [0.1, 0.15) is 5.69 Å². The van der Waals surface area contributed by atoms with Gasteiger partial charge in [0.15, 0.2) is 0 Å². The Hall–Kier alpha value is -1.66. The summed E-state index contributed by atoms with van der Waals surface area (Å²) in [6.07, 6.45) is 0. The van der Waals surface area contributed by atoms with Crippen molar-refractivity contribution in [2.24, 2.45) is 7.05 Å². The van der Waals surface area contributed by atoms with E-state index >= 15 is 0 Å². The molecule has 0 aliphatic carbocycles. The molecule has 0 bridgehead atoms. The molecule has 0 unspecified atom stereocenters. The van der Waals surface area contributed by atoms with Gasteiger partial charge in [-0.1, -0.05) is 0 Å². The lowest BCUT2D eigenvalue weighted by Crippen LogP contribution is -2.08. The second-order valence-corrected chi connectivity index (χ2v) is 2.36. The Morgan fingerprint density at radius 2 is 2.29 bits per heavy atom. The first-order valence-electron chi connectivity index (χ1n) is 3.61. The standard InChI is InChI=1S/C7H8F2N2O3/c1-11-4(6(12)13-2)3-5(10-11)14-7(8)9/h3,7H,1-2H3. The predicted molar refractivity (Wildman–Crippen MR) is 41.2 cm³/mol. The van der Waals surface area contributed by atoms with Gasteiger partial charge in [-0.2, -0.15) is 8.78 Å². The molecule has 0 atom stereocenters. The number of ether oxygens (including phenoxy) is 2. The van der Waals surface area contributed by atoms with Crippen LogP contribution in [-0.2, 0) is 11.8 Å². The number of esters is 1. The summed E-state index contributed by atoms with van der Waals surface area (Å²) in [7, 11) is 2.60. The topological polar surface area (TPSA) is 53.4 Å². The second kappa shape index (κ2) is 4.03. The lowest BCUT2D eigenvalue weighted by atomic mass is 10.4. The fraction of sp³-hybridized carbons (Fsp3) is 0.429. The van der Waals surface area contributed by atoms with Gasteiger partial charge in [-0.3, -0.25) is 4.68 Å². The zero-order chi connectivity index (χ0) is 10.7. The van der Waals surface area contributed by atoms with E-state index in [2.05, 4.69) is 14.6 Å². The number of aromatic nitrogens is 2. The summed E-state index contributed by atoms with van der Waals surface area (Å²) in [5.74, 6) is -0.980. The van der Waals surface area contributed by atoms with Crippen LogP contribution >= 0.6 is 0 Å².